The van der Waals surface area contributed by atoms with Gasteiger partial charge in [0.05, 0.1) is 0 Å². The number of likely N-dealkylation sites (tertiary alicyclic amines) is 1. The highest BCUT2D eigenvalue weighted by Gasteiger charge is 2.25. The quantitative estimate of drug-likeness (QED) is 0.905. The molecule has 2 rings (SSSR count). The fourth-order valence-electron chi connectivity index (χ4n) is 2.59. The third-order valence-corrected chi connectivity index (χ3v) is 3.98. The van der Waals surface area contributed by atoms with Gasteiger partial charge < -0.3 is 5.11 Å². The SMILES string of the molecule is O=C(O)CCCN1CCCC1c1ccc(Br)cc1. The number of rotatable bonds is 5. The van der Waals surface area contributed by atoms with Crippen molar-refractivity contribution in [1.29, 1.82) is 0 Å². The van der Waals surface area contributed by atoms with E-state index >= 15 is 0 Å². The summed E-state index contributed by atoms with van der Waals surface area (Å²) in [4.78, 5) is 12.9. The first kappa shape index (κ1) is 13.6. The van der Waals surface area contributed by atoms with E-state index in [1.54, 1.807) is 0 Å². The maximum absolute atomic E-state index is 10.5. The number of carbonyl (C=O) groups is 1. The van der Waals surface area contributed by atoms with E-state index in [1.165, 1.54) is 18.4 Å². The molecule has 0 spiro atoms. The number of nitrogens with zero attached hydrogens (tertiary/aromatic N) is 1. The average molecular weight is 312 g/mol. The molecular weight excluding hydrogens is 294 g/mol. The summed E-state index contributed by atoms with van der Waals surface area (Å²) in [6, 6.07) is 8.92. The highest BCUT2D eigenvalue weighted by atomic mass is 79.9. The van der Waals surface area contributed by atoms with Crippen molar-refractivity contribution in [2.45, 2.75) is 31.7 Å². The molecule has 1 aromatic carbocycles. The van der Waals surface area contributed by atoms with Crippen molar-refractivity contribution >= 4 is 21.9 Å². The number of carboxylic acid groups (broad SMARTS) is 1. The Morgan fingerprint density at radius 3 is 2.78 bits per heavy atom. The molecule has 1 unspecified atom stereocenters. The van der Waals surface area contributed by atoms with Gasteiger partial charge in [-0.05, 0) is 50.0 Å². The highest BCUT2D eigenvalue weighted by molar-refractivity contribution is 9.10. The van der Waals surface area contributed by atoms with Crippen LogP contribution in [0, 0.1) is 0 Å². The molecule has 1 aliphatic rings. The zero-order chi connectivity index (χ0) is 13.0. The molecule has 1 atom stereocenters. The van der Waals surface area contributed by atoms with Crippen LogP contribution in [-0.4, -0.2) is 29.1 Å². The Hall–Kier alpha value is -0.870. The number of benzene rings is 1. The summed E-state index contributed by atoms with van der Waals surface area (Å²) in [5.41, 5.74) is 1.34. The summed E-state index contributed by atoms with van der Waals surface area (Å²) >= 11 is 3.45. The van der Waals surface area contributed by atoms with Crippen LogP contribution in [0.4, 0.5) is 0 Å². The molecule has 98 valence electrons. The molecule has 0 amide bonds. The molecule has 1 aromatic rings. The largest absolute Gasteiger partial charge is 0.481 e. The monoisotopic (exact) mass is 311 g/mol. The molecule has 0 aromatic heterocycles. The van der Waals surface area contributed by atoms with E-state index in [9.17, 15) is 4.79 Å². The molecule has 1 aliphatic heterocycles. The van der Waals surface area contributed by atoms with Crippen LogP contribution in [0.3, 0.4) is 0 Å². The fraction of sp³-hybridized carbons (Fsp3) is 0.500. The van der Waals surface area contributed by atoms with Crippen LogP contribution in [0.5, 0.6) is 0 Å². The molecule has 1 heterocycles. The van der Waals surface area contributed by atoms with Gasteiger partial charge >= 0.3 is 5.97 Å². The first-order valence-corrected chi connectivity index (χ1v) is 7.17. The average Bonchev–Trinajstić information content (AvgIpc) is 2.78. The lowest BCUT2D eigenvalue weighted by Crippen LogP contribution is -2.24. The molecule has 0 saturated carbocycles. The second kappa shape index (κ2) is 6.34. The minimum absolute atomic E-state index is 0.267. The minimum Gasteiger partial charge on any atom is -0.481 e. The van der Waals surface area contributed by atoms with Crippen LogP contribution >= 0.6 is 15.9 Å². The maximum Gasteiger partial charge on any atom is 0.303 e. The minimum atomic E-state index is -0.700. The smallest absolute Gasteiger partial charge is 0.303 e. The Kier molecular flexibility index (Phi) is 4.78. The summed E-state index contributed by atoms with van der Waals surface area (Å²) < 4.78 is 1.10. The van der Waals surface area contributed by atoms with Crippen LogP contribution in [0.2, 0.25) is 0 Å². The van der Waals surface area contributed by atoms with Crippen LogP contribution in [0.1, 0.15) is 37.3 Å². The number of carboxylic acids is 1. The first-order chi connectivity index (χ1) is 8.66. The van der Waals surface area contributed by atoms with Crippen molar-refractivity contribution in [2.75, 3.05) is 13.1 Å². The third-order valence-electron chi connectivity index (χ3n) is 3.45. The zero-order valence-corrected chi connectivity index (χ0v) is 11.9. The van der Waals surface area contributed by atoms with Crippen molar-refractivity contribution in [1.82, 2.24) is 4.90 Å². The van der Waals surface area contributed by atoms with Crippen molar-refractivity contribution in [3.05, 3.63) is 34.3 Å². The summed E-state index contributed by atoms with van der Waals surface area (Å²) in [5.74, 6) is -0.700. The Bertz CT molecular complexity index is 405. The summed E-state index contributed by atoms with van der Waals surface area (Å²) in [7, 11) is 0. The lowest BCUT2D eigenvalue weighted by Gasteiger charge is -2.24. The molecule has 1 saturated heterocycles. The highest BCUT2D eigenvalue weighted by Crippen LogP contribution is 2.32. The number of aliphatic carboxylic acids is 1. The van der Waals surface area contributed by atoms with Crippen LogP contribution in [0.25, 0.3) is 0 Å². The van der Waals surface area contributed by atoms with Gasteiger partial charge in [-0.1, -0.05) is 28.1 Å². The first-order valence-electron chi connectivity index (χ1n) is 6.38. The van der Waals surface area contributed by atoms with Gasteiger partial charge in [-0.15, -0.1) is 0 Å². The van der Waals surface area contributed by atoms with E-state index < -0.39 is 5.97 Å². The lowest BCUT2D eigenvalue weighted by atomic mass is 10.0. The Morgan fingerprint density at radius 1 is 1.39 bits per heavy atom. The number of hydrogen-bond acceptors (Lipinski definition) is 2. The summed E-state index contributed by atoms with van der Waals surface area (Å²) in [6.45, 7) is 1.97. The van der Waals surface area contributed by atoms with Gasteiger partial charge in [-0.2, -0.15) is 0 Å². The Balaban J connectivity index is 1.94. The molecule has 0 bridgehead atoms. The molecular formula is C14H18BrNO2. The molecule has 1 N–H and O–H groups in total. The Morgan fingerprint density at radius 2 is 2.11 bits per heavy atom. The van der Waals surface area contributed by atoms with Crippen molar-refractivity contribution in [3.63, 3.8) is 0 Å². The van der Waals surface area contributed by atoms with E-state index in [-0.39, 0.29) is 6.42 Å². The molecule has 0 radical (unpaired) electrons. The predicted octanol–water partition coefficient (Wildman–Crippen LogP) is 3.45. The van der Waals surface area contributed by atoms with Gasteiger partial charge in [0.1, 0.15) is 0 Å². The van der Waals surface area contributed by atoms with E-state index in [0.29, 0.717) is 6.04 Å². The van der Waals surface area contributed by atoms with E-state index in [1.807, 2.05) is 0 Å². The summed E-state index contributed by atoms with van der Waals surface area (Å²) in [5, 5.41) is 8.68. The second-order valence-electron chi connectivity index (χ2n) is 4.74. The van der Waals surface area contributed by atoms with Crippen LogP contribution < -0.4 is 0 Å². The van der Waals surface area contributed by atoms with Gasteiger partial charge in [-0.3, -0.25) is 9.69 Å². The molecule has 4 heteroatoms. The number of halogens is 1. The van der Waals surface area contributed by atoms with E-state index in [4.69, 9.17) is 5.11 Å². The lowest BCUT2D eigenvalue weighted by molar-refractivity contribution is -0.137. The van der Waals surface area contributed by atoms with E-state index in [2.05, 4.69) is 45.1 Å². The predicted molar refractivity (Wildman–Crippen MR) is 74.6 cm³/mol. The van der Waals surface area contributed by atoms with Gasteiger partial charge in [-0.25, -0.2) is 0 Å². The van der Waals surface area contributed by atoms with Gasteiger partial charge in [0, 0.05) is 16.9 Å². The van der Waals surface area contributed by atoms with E-state index in [0.717, 1.165) is 24.0 Å². The number of hydrogen-bond donors (Lipinski definition) is 1. The standard InChI is InChI=1S/C14H18BrNO2/c15-12-7-5-11(6-8-12)13-3-1-9-16(13)10-2-4-14(17)18/h5-8,13H,1-4,9-10H2,(H,17,18). The Labute approximate surface area is 116 Å². The zero-order valence-electron chi connectivity index (χ0n) is 10.3. The second-order valence-corrected chi connectivity index (χ2v) is 5.66. The van der Waals surface area contributed by atoms with Gasteiger partial charge in [0.25, 0.3) is 0 Å². The summed E-state index contributed by atoms with van der Waals surface area (Å²) in [6.07, 6.45) is 3.38. The third kappa shape index (κ3) is 3.56. The maximum atomic E-state index is 10.5. The molecule has 0 aliphatic carbocycles. The topological polar surface area (TPSA) is 40.5 Å². The van der Waals surface area contributed by atoms with Crippen LogP contribution in [-0.2, 0) is 4.79 Å². The molecule has 1 fully saturated rings. The molecule has 3 nitrogen and oxygen atoms in total. The normalized spacial score (nSPS) is 20.2. The van der Waals surface area contributed by atoms with Crippen molar-refractivity contribution in [2.24, 2.45) is 0 Å². The van der Waals surface area contributed by atoms with Crippen LogP contribution in [0.15, 0.2) is 28.7 Å². The fourth-order valence-corrected chi connectivity index (χ4v) is 2.85. The van der Waals surface area contributed by atoms with Gasteiger partial charge in [0.15, 0.2) is 0 Å². The van der Waals surface area contributed by atoms with Gasteiger partial charge in [0.2, 0.25) is 0 Å². The molecule has 18 heavy (non-hydrogen) atoms. The van der Waals surface area contributed by atoms with Crippen molar-refractivity contribution < 1.29 is 9.90 Å². The van der Waals surface area contributed by atoms with Crippen molar-refractivity contribution in [3.8, 4) is 0 Å².